The van der Waals surface area contributed by atoms with Gasteiger partial charge in [0.25, 0.3) is 5.56 Å². The average Bonchev–Trinajstić information content (AvgIpc) is 2.93. The van der Waals surface area contributed by atoms with E-state index in [1.165, 1.54) is 0 Å². The topological polar surface area (TPSA) is 113 Å². The molecule has 40 heavy (non-hydrogen) atoms. The molecule has 0 unspecified atom stereocenters. The Morgan fingerprint density at radius 2 is 1.48 bits per heavy atom. The zero-order valence-corrected chi connectivity index (χ0v) is 23.7. The fraction of sp³-hybridized carbons (Fsp3) is 0.375. The molecule has 0 spiro atoms. The number of carbonyl (C=O) groups excluding carboxylic acids is 2. The number of nitrogens with zero attached hydrogens (tertiary/aromatic N) is 1. The quantitative estimate of drug-likeness (QED) is 0.158. The fourth-order valence-electron chi connectivity index (χ4n) is 3.67. The Morgan fingerprint density at radius 1 is 0.875 bits per heavy atom. The molecule has 8 heteroatoms. The van der Waals surface area contributed by atoms with E-state index in [1.807, 2.05) is 0 Å². The summed E-state index contributed by atoms with van der Waals surface area (Å²) >= 11 is 0. The van der Waals surface area contributed by atoms with E-state index in [9.17, 15) is 14.4 Å². The van der Waals surface area contributed by atoms with Gasteiger partial charge in [0.05, 0.1) is 5.39 Å². The van der Waals surface area contributed by atoms with Crippen molar-refractivity contribution in [2.24, 2.45) is 0 Å². The second-order valence-electron chi connectivity index (χ2n) is 9.07. The van der Waals surface area contributed by atoms with Crippen LogP contribution < -0.4 is 20.9 Å². The van der Waals surface area contributed by atoms with Gasteiger partial charge in [0.15, 0.2) is 5.75 Å². The third kappa shape index (κ3) is 13.6. The second kappa shape index (κ2) is 19.8. The first-order chi connectivity index (χ1) is 19.5. The van der Waals surface area contributed by atoms with E-state index >= 15 is 0 Å². The maximum absolute atomic E-state index is 12.1. The molecule has 8 nitrogen and oxygen atoms in total. The van der Waals surface area contributed by atoms with Gasteiger partial charge in [0, 0.05) is 19.5 Å². The third-order valence-corrected chi connectivity index (χ3v) is 5.67. The van der Waals surface area contributed by atoms with E-state index in [1.54, 1.807) is 25.1 Å². The molecule has 3 N–H and O–H groups in total. The lowest BCUT2D eigenvalue weighted by atomic mass is 10.2. The number of aryl methyl sites for hydroxylation is 1. The molecule has 0 aliphatic carbocycles. The number of carbonyl (C=O) groups is 2. The molecule has 2 aromatic rings. The normalized spacial score (nSPS) is 12.1. The summed E-state index contributed by atoms with van der Waals surface area (Å²) < 4.78 is 5.31. The summed E-state index contributed by atoms with van der Waals surface area (Å²) in [4.78, 5) is 43.1. The van der Waals surface area contributed by atoms with Gasteiger partial charge < -0.3 is 20.4 Å². The van der Waals surface area contributed by atoms with Crippen molar-refractivity contribution in [1.82, 2.24) is 20.6 Å². The molecule has 0 fully saturated rings. The number of para-hydroxylation sites is 1. The number of unbranched alkanes of at least 4 members (excludes halogenated alkanes) is 1. The number of amides is 2. The lowest BCUT2D eigenvalue weighted by Gasteiger charge is -2.09. The highest BCUT2D eigenvalue weighted by Crippen LogP contribution is 2.21. The summed E-state index contributed by atoms with van der Waals surface area (Å²) in [5.74, 6) is 0.566. The highest BCUT2D eigenvalue weighted by atomic mass is 16.6. The second-order valence-corrected chi connectivity index (χ2v) is 9.07. The number of aromatic nitrogens is 2. The molecule has 214 valence electrons. The summed E-state index contributed by atoms with van der Waals surface area (Å²) in [6, 6.07) is 4.81. The van der Waals surface area contributed by atoms with Crippen LogP contribution in [0, 0.1) is 6.92 Å². The van der Waals surface area contributed by atoms with Crippen LogP contribution in [0.25, 0.3) is 10.9 Å². The first-order valence-electron chi connectivity index (χ1n) is 14.0. The van der Waals surface area contributed by atoms with Crippen molar-refractivity contribution in [2.75, 3.05) is 13.1 Å². The molecule has 1 heterocycles. The fourth-order valence-corrected chi connectivity index (χ4v) is 3.67. The maximum atomic E-state index is 12.1. The van der Waals surface area contributed by atoms with Gasteiger partial charge in [-0.15, -0.1) is 0 Å². The molecule has 0 bridgehead atoms. The molecule has 2 amide bonds. The van der Waals surface area contributed by atoms with Crippen molar-refractivity contribution >= 4 is 22.9 Å². The lowest BCUT2D eigenvalue weighted by Crippen LogP contribution is -2.36. The van der Waals surface area contributed by atoms with Crippen LogP contribution in [-0.4, -0.2) is 35.1 Å². The molecule has 0 aliphatic heterocycles. The van der Waals surface area contributed by atoms with E-state index in [0.29, 0.717) is 29.7 Å². The predicted molar refractivity (Wildman–Crippen MR) is 162 cm³/mol. The summed E-state index contributed by atoms with van der Waals surface area (Å²) in [5.41, 5.74) is 0.0251. The summed E-state index contributed by atoms with van der Waals surface area (Å²) in [5, 5.41) is 5.72. The predicted octanol–water partition coefficient (Wildman–Crippen LogP) is 6.36. The third-order valence-electron chi connectivity index (χ3n) is 5.67. The number of rotatable bonds is 17. The van der Waals surface area contributed by atoms with Crippen molar-refractivity contribution in [1.29, 1.82) is 0 Å². The number of fused-ring (bicyclic) bond motifs is 1. The SMILES string of the molecule is CC/C=C\C/C=C\C/C=C\C/C=C\C/C=C\CCCC(=O)NCCNC(=O)Oc1cccc2c(=O)[nH]c(C)nc12. The Hall–Kier alpha value is -4.20. The summed E-state index contributed by atoms with van der Waals surface area (Å²) in [6.45, 7) is 4.31. The van der Waals surface area contributed by atoms with Gasteiger partial charge in [0.1, 0.15) is 11.3 Å². The van der Waals surface area contributed by atoms with Gasteiger partial charge in [-0.25, -0.2) is 9.78 Å². The minimum atomic E-state index is -0.681. The van der Waals surface area contributed by atoms with Gasteiger partial charge in [0.2, 0.25) is 5.91 Å². The van der Waals surface area contributed by atoms with E-state index < -0.39 is 6.09 Å². The molecule has 1 aromatic heterocycles. The molecule has 1 aromatic carbocycles. The van der Waals surface area contributed by atoms with Gasteiger partial charge >= 0.3 is 6.09 Å². The molecular formula is C32H42N4O4. The Morgan fingerprint density at radius 3 is 2.12 bits per heavy atom. The van der Waals surface area contributed by atoms with Crippen molar-refractivity contribution in [3.05, 3.63) is 95.1 Å². The number of benzene rings is 1. The first kappa shape index (κ1) is 32.0. The van der Waals surface area contributed by atoms with Gasteiger partial charge in [-0.2, -0.15) is 0 Å². The van der Waals surface area contributed by atoms with Gasteiger partial charge in [-0.05, 0) is 64.0 Å². The number of aromatic amines is 1. The molecule has 0 saturated carbocycles. The molecule has 2 rings (SSSR count). The minimum Gasteiger partial charge on any atom is -0.408 e. The summed E-state index contributed by atoms with van der Waals surface area (Å²) in [6.07, 6.45) is 27.9. The standard InChI is InChI=1S/C32H42N4O4/c1-3-4-5-6-7-8-9-10-11-12-13-14-15-16-17-18-19-23-29(37)33-24-25-34-32(39)40-28-22-20-21-27-30(28)35-26(2)36-31(27)38/h4-5,7-8,10-11,13-14,16-17,20-22H,3,6,9,12,15,18-19,23-25H2,1-2H3,(H,33,37)(H,34,39)(H,35,36,38)/b5-4-,8-7-,11-10-,14-13-,17-16-. The number of H-pyrrole nitrogens is 1. The van der Waals surface area contributed by atoms with E-state index in [0.717, 1.165) is 44.9 Å². The lowest BCUT2D eigenvalue weighted by molar-refractivity contribution is -0.121. The van der Waals surface area contributed by atoms with Crippen molar-refractivity contribution in [3.8, 4) is 5.75 Å². The number of ether oxygens (including phenoxy) is 1. The van der Waals surface area contributed by atoms with Crippen molar-refractivity contribution < 1.29 is 14.3 Å². The molecule has 0 saturated heterocycles. The van der Waals surface area contributed by atoms with Crippen LogP contribution in [0.2, 0.25) is 0 Å². The highest BCUT2D eigenvalue weighted by molar-refractivity contribution is 5.86. The van der Waals surface area contributed by atoms with Gasteiger partial charge in [-0.3, -0.25) is 9.59 Å². The monoisotopic (exact) mass is 546 g/mol. The zero-order valence-electron chi connectivity index (χ0n) is 23.7. The summed E-state index contributed by atoms with van der Waals surface area (Å²) in [7, 11) is 0. The maximum Gasteiger partial charge on any atom is 0.412 e. The molecule has 0 atom stereocenters. The Labute approximate surface area is 237 Å². The van der Waals surface area contributed by atoms with Crippen LogP contribution in [0.4, 0.5) is 4.79 Å². The molecule has 0 aliphatic rings. The average molecular weight is 547 g/mol. The largest absolute Gasteiger partial charge is 0.412 e. The Kier molecular flexibility index (Phi) is 15.9. The minimum absolute atomic E-state index is 0.0597. The highest BCUT2D eigenvalue weighted by Gasteiger charge is 2.11. The number of hydrogen-bond donors (Lipinski definition) is 3. The van der Waals surface area contributed by atoms with Crippen LogP contribution in [0.15, 0.2) is 83.8 Å². The smallest absolute Gasteiger partial charge is 0.408 e. The van der Waals surface area contributed by atoms with Crippen LogP contribution in [0.5, 0.6) is 5.75 Å². The van der Waals surface area contributed by atoms with Crippen LogP contribution in [0.3, 0.4) is 0 Å². The first-order valence-corrected chi connectivity index (χ1v) is 14.0. The Bertz CT molecular complexity index is 1270. The molecular weight excluding hydrogens is 504 g/mol. The Balaban J connectivity index is 1.50. The van der Waals surface area contributed by atoms with Crippen LogP contribution in [-0.2, 0) is 4.79 Å². The van der Waals surface area contributed by atoms with Crippen molar-refractivity contribution in [2.45, 2.75) is 65.2 Å². The zero-order chi connectivity index (χ0) is 28.8. The number of hydrogen-bond acceptors (Lipinski definition) is 5. The van der Waals surface area contributed by atoms with Gasteiger partial charge in [-0.1, -0.05) is 73.8 Å². The number of allylic oxidation sites excluding steroid dienone is 10. The van der Waals surface area contributed by atoms with E-state index in [-0.39, 0.29) is 23.8 Å². The molecule has 0 radical (unpaired) electrons. The van der Waals surface area contributed by atoms with E-state index in [2.05, 4.69) is 88.3 Å². The van der Waals surface area contributed by atoms with Crippen molar-refractivity contribution in [3.63, 3.8) is 0 Å². The number of nitrogens with one attached hydrogen (secondary N) is 3. The van der Waals surface area contributed by atoms with E-state index in [4.69, 9.17) is 4.74 Å². The van der Waals surface area contributed by atoms with Crippen LogP contribution in [0.1, 0.15) is 64.1 Å². The van der Waals surface area contributed by atoms with Crippen LogP contribution >= 0.6 is 0 Å².